The number of benzene rings is 1. The number of hydrogen-bond acceptors (Lipinski definition) is 5. The minimum Gasteiger partial charge on any atom is -0.368 e. The molecule has 0 bridgehead atoms. The number of rotatable bonds is 4. The number of nitrogens with zero attached hydrogens (tertiary/aromatic N) is 5. The van der Waals surface area contributed by atoms with E-state index in [2.05, 4.69) is 15.5 Å². The molecule has 0 saturated carbocycles. The molecule has 7 nitrogen and oxygen atoms in total. The van der Waals surface area contributed by atoms with Gasteiger partial charge in [0.15, 0.2) is 0 Å². The Balaban J connectivity index is 1.91. The van der Waals surface area contributed by atoms with E-state index >= 15 is 0 Å². The summed E-state index contributed by atoms with van der Waals surface area (Å²) in [6, 6.07) is 4.63. The highest BCUT2D eigenvalue weighted by Gasteiger charge is 2.36. The Hall–Kier alpha value is -2.06. The average molecular weight is 325 g/mol. The second kappa shape index (κ2) is 5.98. The number of aromatic nitrogens is 4. The summed E-state index contributed by atoms with van der Waals surface area (Å²) in [4.78, 5) is 13.2. The maximum absolute atomic E-state index is 13.6. The highest BCUT2D eigenvalue weighted by atomic mass is 35.5. The van der Waals surface area contributed by atoms with Crippen molar-refractivity contribution in [2.45, 2.75) is 25.2 Å². The van der Waals surface area contributed by atoms with Gasteiger partial charge in [-0.05, 0) is 34.2 Å². The van der Waals surface area contributed by atoms with Gasteiger partial charge in [-0.1, -0.05) is 11.6 Å². The predicted octanol–water partition coefficient (Wildman–Crippen LogP) is 0.713. The van der Waals surface area contributed by atoms with Gasteiger partial charge in [-0.15, -0.1) is 5.10 Å². The Morgan fingerprint density at radius 1 is 1.50 bits per heavy atom. The number of halogens is 2. The smallest absolute Gasteiger partial charge is 0.234 e. The first-order valence-corrected chi connectivity index (χ1v) is 7.11. The van der Waals surface area contributed by atoms with Crippen LogP contribution in [0.4, 0.5) is 4.39 Å². The monoisotopic (exact) mass is 324 g/mol. The van der Waals surface area contributed by atoms with Gasteiger partial charge >= 0.3 is 0 Å². The third kappa shape index (κ3) is 2.93. The number of likely N-dealkylation sites (tertiary alicyclic amines) is 1. The van der Waals surface area contributed by atoms with E-state index in [-0.39, 0.29) is 13.0 Å². The number of amides is 1. The summed E-state index contributed by atoms with van der Waals surface area (Å²) in [5, 5.41) is 11.6. The lowest BCUT2D eigenvalue weighted by molar-refractivity contribution is -0.122. The summed E-state index contributed by atoms with van der Waals surface area (Å²) in [5.41, 5.74) is 6.87. The van der Waals surface area contributed by atoms with Crippen LogP contribution in [-0.2, 0) is 11.3 Å². The predicted molar refractivity (Wildman–Crippen MR) is 77.1 cm³/mol. The molecule has 2 aromatic rings. The van der Waals surface area contributed by atoms with Gasteiger partial charge in [0.1, 0.15) is 12.5 Å². The first-order valence-electron chi connectivity index (χ1n) is 6.74. The van der Waals surface area contributed by atoms with Crippen molar-refractivity contribution in [2.75, 3.05) is 6.54 Å². The fourth-order valence-electron chi connectivity index (χ4n) is 2.71. The number of carbonyl (C=O) groups is 1. The summed E-state index contributed by atoms with van der Waals surface area (Å²) < 4.78 is 15.1. The number of nitrogens with two attached hydrogens (primary N) is 1. The maximum atomic E-state index is 13.6. The van der Waals surface area contributed by atoms with Crippen LogP contribution < -0.4 is 5.73 Å². The summed E-state index contributed by atoms with van der Waals surface area (Å²) >= 11 is 6.05. The second-order valence-corrected chi connectivity index (χ2v) is 5.64. The molecule has 1 amide bonds. The van der Waals surface area contributed by atoms with Crippen molar-refractivity contribution < 1.29 is 9.18 Å². The van der Waals surface area contributed by atoms with Gasteiger partial charge in [0, 0.05) is 24.5 Å². The van der Waals surface area contributed by atoms with Gasteiger partial charge in [0.05, 0.1) is 11.7 Å². The van der Waals surface area contributed by atoms with E-state index in [1.165, 1.54) is 11.0 Å². The molecule has 0 spiro atoms. The molecule has 0 unspecified atom stereocenters. The van der Waals surface area contributed by atoms with Crippen molar-refractivity contribution in [3.05, 3.63) is 35.1 Å². The minimum absolute atomic E-state index is 0.121. The maximum Gasteiger partial charge on any atom is 0.234 e. The van der Waals surface area contributed by atoms with Crippen LogP contribution in [0.15, 0.2) is 24.5 Å². The van der Waals surface area contributed by atoms with E-state index in [0.717, 1.165) is 11.3 Å². The molecule has 9 heteroatoms. The van der Waals surface area contributed by atoms with E-state index in [1.807, 2.05) is 0 Å². The van der Waals surface area contributed by atoms with Gasteiger partial charge in [0.25, 0.3) is 0 Å². The van der Waals surface area contributed by atoms with Crippen LogP contribution >= 0.6 is 11.6 Å². The normalized spacial score (nSPS) is 22.1. The zero-order chi connectivity index (χ0) is 15.7. The van der Waals surface area contributed by atoms with E-state index in [9.17, 15) is 9.18 Å². The first-order chi connectivity index (χ1) is 10.5. The topological polar surface area (TPSA) is 89.9 Å². The molecule has 2 heterocycles. The molecule has 0 aliphatic carbocycles. The first kappa shape index (κ1) is 14.9. The van der Waals surface area contributed by atoms with Gasteiger partial charge in [-0.3, -0.25) is 9.69 Å². The zero-order valence-electron chi connectivity index (χ0n) is 11.6. The van der Waals surface area contributed by atoms with E-state index < -0.39 is 18.1 Å². The van der Waals surface area contributed by atoms with Crippen molar-refractivity contribution in [1.29, 1.82) is 0 Å². The standard InChI is InChI=1S/C13H14ClFN6O/c14-9-1-2-11(21-7-17-18-19-21)8(3-9)5-20-6-10(15)4-12(20)13(16)22/h1-3,7,10,12H,4-6H2,(H2,16,22)/t10-,12+/m1/s1. The molecule has 0 radical (unpaired) electrons. The lowest BCUT2D eigenvalue weighted by Gasteiger charge is -2.22. The number of primary amides is 1. The Morgan fingerprint density at radius 3 is 3.00 bits per heavy atom. The molecule has 22 heavy (non-hydrogen) atoms. The molecule has 2 atom stereocenters. The molecule has 116 valence electrons. The Morgan fingerprint density at radius 2 is 2.32 bits per heavy atom. The summed E-state index contributed by atoms with van der Waals surface area (Å²) in [5.74, 6) is -0.522. The molecule has 1 aliphatic heterocycles. The second-order valence-electron chi connectivity index (χ2n) is 5.21. The van der Waals surface area contributed by atoms with Gasteiger partial charge in [-0.25, -0.2) is 9.07 Å². The summed E-state index contributed by atoms with van der Waals surface area (Å²) in [6.45, 7) is 0.499. The van der Waals surface area contributed by atoms with Crippen molar-refractivity contribution in [2.24, 2.45) is 5.73 Å². The number of carbonyl (C=O) groups excluding carboxylic acids is 1. The van der Waals surface area contributed by atoms with Crippen molar-refractivity contribution in [3.8, 4) is 5.69 Å². The Bertz CT molecular complexity index is 679. The molecule has 2 N–H and O–H groups in total. The molecule has 1 aromatic heterocycles. The summed E-state index contributed by atoms with van der Waals surface area (Å²) in [6.07, 6.45) is 0.518. The van der Waals surface area contributed by atoms with Crippen LogP contribution in [0.2, 0.25) is 5.02 Å². The molecule has 1 saturated heterocycles. The molecular formula is C13H14ClFN6O. The number of hydrogen-bond donors (Lipinski definition) is 1. The van der Waals surface area contributed by atoms with Crippen molar-refractivity contribution in [1.82, 2.24) is 25.1 Å². The highest BCUT2D eigenvalue weighted by Crippen LogP contribution is 2.26. The zero-order valence-corrected chi connectivity index (χ0v) is 12.3. The third-order valence-electron chi connectivity index (χ3n) is 3.69. The quantitative estimate of drug-likeness (QED) is 0.894. The minimum atomic E-state index is -1.06. The average Bonchev–Trinajstić information content (AvgIpc) is 3.09. The Kier molecular flexibility index (Phi) is 4.04. The lowest BCUT2D eigenvalue weighted by atomic mass is 10.1. The van der Waals surface area contributed by atoms with Crippen LogP contribution in [0.5, 0.6) is 0 Å². The SMILES string of the molecule is NC(=O)[C@@H]1C[C@@H](F)CN1Cc1cc(Cl)ccc1-n1cnnn1. The lowest BCUT2D eigenvalue weighted by Crippen LogP contribution is -2.39. The molecular weight excluding hydrogens is 311 g/mol. The fourth-order valence-corrected chi connectivity index (χ4v) is 2.91. The molecule has 1 aromatic carbocycles. The van der Waals surface area contributed by atoms with Crippen LogP contribution in [-0.4, -0.2) is 49.8 Å². The third-order valence-corrected chi connectivity index (χ3v) is 3.93. The van der Waals surface area contributed by atoms with Crippen LogP contribution in [0.1, 0.15) is 12.0 Å². The number of alkyl halides is 1. The van der Waals surface area contributed by atoms with Crippen LogP contribution in [0, 0.1) is 0 Å². The van der Waals surface area contributed by atoms with Gasteiger partial charge < -0.3 is 5.73 Å². The fraction of sp³-hybridized carbons (Fsp3) is 0.385. The van der Waals surface area contributed by atoms with Crippen LogP contribution in [0.3, 0.4) is 0 Å². The highest BCUT2D eigenvalue weighted by molar-refractivity contribution is 6.30. The van der Waals surface area contributed by atoms with E-state index in [0.29, 0.717) is 11.6 Å². The van der Waals surface area contributed by atoms with E-state index in [1.54, 1.807) is 23.1 Å². The van der Waals surface area contributed by atoms with Crippen molar-refractivity contribution >= 4 is 17.5 Å². The van der Waals surface area contributed by atoms with Crippen LogP contribution in [0.25, 0.3) is 5.69 Å². The van der Waals surface area contributed by atoms with Crippen molar-refractivity contribution in [3.63, 3.8) is 0 Å². The largest absolute Gasteiger partial charge is 0.368 e. The number of tetrazole rings is 1. The molecule has 1 aliphatic rings. The van der Waals surface area contributed by atoms with Gasteiger partial charge in [-0.2, -0.15) is 0 Å². The molecule has 1 fully saturated rings. The van der Waals surface area contributed by atoms with E-state index in [4.69, 9.17) is 17.3 Å². The summed E-state index contributed by atoms with van der Waals surface area (Å²) in [7, 11) is 0. The van der Waals surface area contributed by atoms with Gasteiger partial charge in [0.2, 0.25) is 5.91 Å². The Labute approximate surface area is 130 Å². The molecule has 3 rings (SSSR count).